The van der Waals surface area contributed by atoms with E-state index >= 15 is 0 Å². The standard InChI is InChI=1S/C15H14N2S2/c1-9-3-2-4-11-14(9)17-15(16-11)13-7-10-8-18-6-5-12(10)19-13/h2-4,7H,5-6,8H2,1H3,(H,16,17). The molecule has 1 aromatic carbocycles. The predicted octanol–water partition coefficient (Wildman–Crippen LogP) is 4.39. The third kappa shape index (κ3) is 1.90. The molecule has 1 N–H and O–H groups in total. The van der Waals surface area contributed by atoms with Crippen LogP contribution in [0.4, 0.5) is 0 Å². The number of aromatic amines is 1. The number of aromatic nitrogens is 2. The van der Waals surface area contributed by atoms with Gasteiger partial charge in [-0.15, -0.1) is 11.3 Å². The average Bonchev–Trinajstić information content (AvgIpc) is 3.02. The van der Waals surface area contributed by atoms with Gasteiger partial charge < -0.3 is 4.98 Å². The lowest BCUT2D eigenvalue weighted by Crippen LogP contribution is -1.96. The Balaban J connectivity index is 1.85. The molecule has 0 radical (unpaired) electrons. The molecular weight excluding hydrogens is 272 g/mol. The molecule has 0 fully saturated rings. The Kier molecular flexibility index (Phi) is 2.67. The molecule has 1 aliphatic heterocycles. The number of H-pyrrole nitrogens is 1. The first-order chi connectivity index (χ1) is 9.31. The van der Waals surface area contributed by atoms with Gasteiger partial charge >= 0.3 is 0 Å². The van der Waals surface area contributed by atoms with Crippen LogP contribution in [0, 0.1) is 6.92 Å². The number of thiophene rings is 1. The summed E-state index contributed by atoms with van der Waals surface area (Å²) in [7, 11) is 0. The molecule has 4 heteroatoms. The molecule has 0 saturated heterocycles. The van der Waals surface area contributed by atoms with E-state index < -0.39 is 0 Å². The van der Waals surface area contributed by atoms with E-state index in [9.17, 15) is 0 Å². The van der Waals surface area contributed by atoms with Crippen molar-refractivity contribution in [2.75, 3.05) is 5.75 Å². The van der Waals surface area contributed by atoms with Crippen LogP contribution in [0.5, 0.6) is 0 Å². The molecule has 2 nitrogen and oxygen atoms in total. The fourth-order valence-electron chi connectivity index (χ4n) is 2.56. The molecule has 0 saturated carbocycles. The topological polar surface area (TPSA) is 28.7 Å². The number of nitrogens with one attached hydrogen (secondary N) is 1. The van der Waals surface area contributed by atoms with Gasteiger partial charge in [0.25, 0.3) is 0 Å². The first-order valence-electron chi connectivity index (χ1n) is 6.46. The highest BCUT2D eigenvalue weighted by atomic mass is 32.2. The smallest absolute Gasteiger partial charge is 0.148 e. The van der Waals surface area contributed by atoms with Crippen molar-refractivity contribution in [3.63, 3.8) is 0 Å². The van der Waals surface area contributed by atoms with Crippen LogP contribution in [0.2, 0.25) is 0 Å². The maximum absolute atomic E-state index is 4.77. The van der Waals surface area contributed by atoms with Gasteiger partial charge in [0.05, 0.1) is 15.9 Å². The molecule has 3 aromatic rings. The minimum Gasteiger partial charge on any atom is -0.337 e. The second-order valence-electron chi connectivity index (χ2n) is 4.92. The van der Waals surface area contributed by atoms with Crippen LogP contribution in [0.25, 0.3) is 21.7 Å². The van der Waals surface area contributed by atoms with Crippen molar-refractivity contribution in [3.8, 4) is 10.7 Å². The summed E-state index contributed by atoms with van der Waals surface area (Å²) in [5.41, 5.74) is 4.97. The quantitative estimate of drug-likeness (QED) is 0.718. The molecular formula is C15H14N2S2. The molecule has 96 valence electrons. The Morgan fingerprint density at radius 2 is 2.26 bits per heavy atom. The van der Waals surface area contributed by atoms with Gasteiger partial charge in [0, 0.05) is 10.6 Å². The Morgan fingerprint density at radius 1 is 1.32 bits per heavy atom. The van der Waals surface area contributed by atoms with E-state index in [4.69, 9.17) is 4.98 Å². The Hall–Kier alpha value is -1.26. The molecule has 2 aromatic heterocycles. The van der Waals surface area contributed by atoms with Crippen molar-refractivity contribution in [2.45, 2.75) is 19.1 Å². The number of hydrogen-bond acceptors (Lipinski definition) is 3. The minimum absolute atomic E-state index is 1.02. The van der Waals surface area contributed by atoms with Gasteiger partial charge in [-0.05, 0) is 42.4 Å². The largest absolute Gasteiger partial charge is 0.337 e. The van der Waals surface area contributed by atoms with Crippen molar-refractivity contribution >= 4 is 34.1 Å². The number of hydrogen-bond donors (Lipinski definition) is 1. The molecule has 4 rings (SSSR count). The Morgan fingerprint density at radius 3 is 3.11 bits per heavy atom. The van der Waals surface area contributed by atoms with Crippen LogP contribution in [-0.4, -0.2) is 15.7 Å². The van der Waals surface area contributed by atoms with E-state index in [1.54, 1.807) is 4.88 Å². The zero-order valence-electron chi connectivity index (χ0n) is 10.7. The maximum atomic E-state index is 4.77. The maximum Gasteiger partial charge on any atom is 0.148 e. The molecule has 0 spiro atoms. The molecule has 0 atom stereocenters. The summed E-state index contributed by atoms with van der Waals surface area (Å²) in [4.78, 5) is 11.1. The SMILES string of the molecule is Cc1cccc2[nH]c(-c3cc4c(s3)CCSC4)nc12. The van der Waals surface area contributed by atoms with Crippen molar-refractivity contribution < 1.29 is 0 Å². The minimum atomic E-state index is 1.02. The highest BCUT2D eigenvalue weighted by Crippen LogP contribution is 2.36. The van der Waals surface area contributed by atoms with Crippen molar-refractivity contribution in [1.29, 1.82) is 0 Å². The molecule has 1 aliphatic rings. The number of nitrogens with zero attached hydrogens (tertiary/aromatic N) is 1. The van der Waals surface area contributed by atoms with Gasteiger partial charge in [-0.3, -0.25) is 0 Å². The van der Waals surface area contributed by atoms with Crippen molar-refractivity contribution in [3.05, 3.63) is 40.3 Å². The lowest BCUT2D eigenvalue weighted by Gasteiger charge is -2.08. The number of fused-ring (bicyclic) bond motifs is 2. The first kappa shape index (κ1) is 11.6. The van der Waals surface area contributed by atoms with Crippen LogP contribution in [0.1, 0.15) is 16.0 Å². The monoisotopic (exact) mass is 286 g/mol. The van der Waals surface area contributed by atoms with E-state index in [2.05, 4.69) is 36.2 Å². The normalized spacial score (nSPS) is 14.8. The number of thioether (sulfide) groups is 1. The van der Waals surface area contributed by atoms with Gasteiger partial charge in [0.1, 0.15) is 5.82 Å². The molecule has 0 bridgehead atoms. The molecule has 0 amide bonds. The second kappa shape index (κ2) is 4.39. The highest BCUT2D eigenvalue weighted by Gasteiger charge is 2.16. The van der Waals surface area contributed by atoms with E-state index in [-0.39, 0.29) is 0 Å². The summed E-state index contributed by atoms with van der Waals surface area (Å²) in [6.07, 6.45) is 1.21. The van der Waals surface area contributed by atoms with Crippen LogP contribution in [0.15, 0.2) is 24.3 Å². The summed E-state index contributed by atoms with van der Waals surface area (Å²) in [5, 5.41) is 0. The average molecular weight is 286 g/mol. The predicted molar refractivity (Wildman–Crippen MR) is 84.0 cm³/mol. The van der Waals surface area contributed by atoms with Gasteiger partial charge in [0.15, 0.2) is 0 Å². The summed E-state index contributed by atoms with van der Waals surface area (Å²) in [6, 6.07) is 8.61. The van der Waals surface area contributed by atoms with Crippen LogP contribution in [0.3, 0.4) is 0 Å². The summed E-state index contributed by atoms with van der Waals surface area (Å²) < 4.78 is 0. The van der Waals surface area contributed by atoms with E-state index in [0.717, 1.165) is 22.6 Å². The van der Waals surface area contributed by atoms with Crippen LogP contribution < -0.4 is 0 Å². The fourth-order valence-corrected chi connectivity index (χ4v) is 4.87. The summed E-state index contributed by atoms with van der Waals surface area (Å²) >= 11 is 3.93. The summed E-state index contributed by atoms with van der Waals surface area (Å²) in [6.45, 7) is 2.11. The molecule has 0 aliphatic carbocycles. The third-order valence-corrected chi connectivity index (χ3v) is 5.83. The van der Waals surface area contributed by atoms with Gasteiger partial charge in [0.2, 0.25) is 0 Å². The lowest BCUT2D eigenvalue weighted by molar-refractivity contribution is 1.13. The van der Waals surface area contributed by atoms with Crippen LogP contribution in [-0.2, 0) is 12.2 Å². The van der Waals surface area contributed by atoms with E-state index in [1.807, 2.05) is 23.1 Å². The number of imidazole rings is 1. The highest BCUT2D eigenvalue weighted by molar-refractivity contribution is 7.98. The van der Waals surface area contributed by atoms with E-state index in [0.29, 0.717) is 0 Å². The van der Waals surface area contributed by atoms with Gasteiger partial charge in [-0.2, -0.15) is 11.8 Å². The van der Waals surface area contributed by atoms with Crippen LogP contribution >= 0.6 is 23.1 Å². The van der Waals surface area contributed by atoms with Gasteiger partial charge in [-0.1, -0.05) is 12.1 Å². The van der Waals surface area contributed by atoms with Crippen molar-refractivity contribution in [2.24, 2.45) is 0 Å². The number of para-hydroxylation sites is 1. The van der Waals surface area contributed by atoms with Crippen molar-refractivity contribution in [1.82, 2.24) is 9.97 Å². The van der Waals surface area contributed by atoms with E-state index in [1.165, 1.54) is 28.2 Å². The third-order valence-electron chi connectivity index (χ3n) is 3.58. The molecule has 19 heavy (non-hydrogen) atoms. The van der Waals surface area contributed by atoms with Gasteiger partial charge in [-0.25, -0.2) is 4.98 Å². The molecule has 0 unspecified atom stereocenters. The number of benzene rings is 1. The number of rotatable bonds is 1. The lowest BCUT2D eigenvalue weighted by atomic mass is 10.2. The second-order valence-corrected chi connectivity index (χ2v) is 7.16. The number of aryl methyl sites for hydroxylation is 2. The zero-order valence-corrected chi connectivity index (χ0v) is 12.3. The Bertz CT molecular complexity index is 731. The Labute approximate surface area is 120 Å². The summed E-state index contributed by atoms with van der Waals surface area (Å²) in [5.74, 6) is 3.44. The first-order valence-corrected chi connectivity index (χ1v) is 8.43. The zero-order chi connectivity index (χ0) is 12.8. The molecule has 3 heterocycles. The fraction of sp³-hybridized carbons (Fsp3) is 0.267.